The summed E-state index contributed by atoms with van der Waals surface area (Å²) in [5.74, 6) is 1.74. The predicted octanol–water partition coefficient (Wildman–Crippen LogP) is 6.67. The molecule has 0 aromatic heterocycles. The van der Waals surface area contributed by atoms with Crippen LogP contribution in [0, 0.1) is 5.92 Å². The van der Waals surface area contributed by atoms with E-state index < -0.39 is 0 Å². The average molecular weight is 368 g/mol. The first-order valence-electron chi connectivity index (χ1n) is 11.4. The molecular weight excluding hydrogens is 322 g/mol. The van der Waals surface area contributed by atoms with Gasteiger partial charge in [0.15, 0.2) is 5.90 Å². The molecule has 0 spiro atoms. The second-order valence-corrected chi connectivity index (χ2v) is 8.71. The molecule has 0 aromatic rings. The zero-order valence-corrected chi connectivity index (χ0v) is 17.9. The molecule has 0 radical (unpaired) electrons. The molecule has 1 aliphatic rings. The second kappa shape index (κ2) is 14.5. The smallest absolute Gasteiger partial charge is 0.184 e. The fourth-order valence-corrected chi connectivity index (χ4v) is 3.65. The Kier molecular flexibility index (Phi) is 13.1. The van der Waals surface area contributed by atoms with Gasteiger partial charge < -0.3 is 9.84 Å². The summed E-state index contributed by atoms with van der Waals surface area (Å²) in [6, 6.07) is 0. The van der Waals surface area contributed by atoms with Gasteiger partial charge in [-0.2, -0.15) is 0 Å². The normalized spacial score (nSPS) is 19.8. The Morgan fingerprint density at radius 2 is 1.38 bits per heavy atom. The molecule has 154 valence electrons. The van der Waals surface area contributed by atoms with Gasteiger partial charge in [-0.3, -0.25) is 0 Å². The lowest BCUT2D eigenvalue weighted by Crippen LogP contribution is -2.31. The molecule has 1 rings (SSSR count). The van der Waals surface area contributed by atoms with E-state index in [1.54, 1.807) is 0 Å². The van der Waals surface area contributed by atoms with E-state index in [2.05, 4.69) is 25.8 Å². The highest BCUT2D eigenvalue weighted by Gasteiger charge is 2.33. The minimum absolute atomic E-state index is 0.102. The number of aliphatic hydroxyl groups excluding tert-OH is 1. The SMILES string of the molecule is CCC1(CO)COC(CCCCCCCCCCCCCCC(C)C)=N1. The Labute approximate surface area is 163 Å². The molecule has 1 aliphatic heterocycles. The summed E-state index contributed by atoms with van der Waals surface area (Å²) in [5, 5.41) is 9.45. The number of nitrogens with zero attached hydrogens (tertiary/aromatic N) is 1. The van der Waals surface area contributed by atoms with Gasteiger partial charge in [0.1, 0.15) is 12.1 Å². The van der Waals surface area contributed by atoms with Crippen molar-refractivity contribution >= 4 is 5.90 Å². The topological polar surface area (TPSA) is 41.8 Å². The van der Waals surface area contributed by atoms with Crippen molar-refractivity contribution in [2.75, 3.05) is 13.2 Å². The summed E-state index contributed by atoms with van der Waals surface area (Å²) in [6.45, 7) is 7.38. The van der Waals surface area contributed by atoms with E-state index in [9.17, 15) is 5.11 Å². The molecule has 3 nitrogen and oxygen atoms in total. The molecule has 1 heterocycles. The molecule has 1 unspecified atom stereocenters. The third-order valence-electron chi connectivity index (χ3n) is 5.74. The van der Waals surface area contributed by atoms with Crippen molar-refractivity contribution in [2.24, 2.45) is 10.9 Å². The van der Waals surface area contributed by atoms with Gasteiger partial charge in [0.25, 0.3) is 0 Å². The van der Waals surface area contributed by atoms with E-state index in [0.717, 1.165) is 24.7 Å². The molecule has 0 fully saturated rings. The lowest BCUT2D eigenvalue weighted by atomic mass is 10.0. The Morgan fingerprint density at radius 1 is 0.885 bits per heavy atom. The van der Waals surface area contributed by atoms with Crippen LogP contribution in [0.5, 0.6) is 0 Å². The van der Waals surface area contributed by atoms with E-state index in [4.69, 9.17) is 4.74 Å². The Hall–Kier alpha value is -0.570. The molecular formula is C23H45NO2. The number of hydrogen-bond donors (Lipinski definition) is 1. The zero-order chi connectivity index (χ0) is 19.1. The van der Waals surface area contributed by atoms with Crippen molar-refractivity contribution in [2.45, 2.75) is 123 Å². The third kappa shape index (κ3) is 10.5. The van der Waals surface area contributed by atoms with Crippen molar-refractivity contribution < 1.29 is 9.84 Å². The highest BCUT2D eigenvalue weighted by molar-refractivity contribution is 5.78. The number of ether oxygens (including phenoxy) is 1. The fourth-order valence-electron chi connectivity index (χ4n) is 3.65. The van der Waals surface area contributed by atoms with E-state index in [0.29, 0.717) is 6.61 Å². The van der Waals surface area contributed by atoms with Crippen molar-refractivity contribution in [1.29, 1.82) is 0 Å². The maximum absolute atomic E-state index is 9.45. The first kappa shape index (κ1) is 23.5. The Balaban J connectivity index is 1.83. The molecule has 0 aromatic carbocycles. The minimum atomic E-state index is -0.343. The summed E-state index contributed by atoms with van der Waals surface area (Å²) in [6.07, 6.45) is 19.8. The zero-order valence-electron chi connectivity index (χ0n) is 17.9. The van der Waals surface area contributed by atoms with Crippen molar-refractivity contribution in [3.05, 3.63) is 0 Å². The summed E-state index contributed by atoms with van der Waals surface area (Å²) in [4.78, 5) is 4.60. The lowest BCUT2D eigenvalue weighted by Gasteiger charge is -2.17. The van der Waals surface area contributed by atoms with Crippen LogP contribution in [0.4, 0.5) is 0 Å². The maximum Gasteiger partial charge on any atom is 0.184 e. The second-order valence-electron chi connectivity index (χ2n) is 8.71. The largest absolute Gasteiger partial charge is 0.478 e. The van der Waals surface area contributed by atoms with Crippen LogP contribution in [0.2, 0.25) is 0 Å². The van der Waals surface area contributed by atoms with E-state index >= 15 is 0 Å². The minimum Gasteiger partial charge on any atom is -0.478 e. The molecule has 0 saturated carbocycles. The van der Waals surface area contributed by atoms with Gasteiger partial charge in [0, 0.05) is 6.42 Å². The van der Waals surface area contributed by atoms with Crippen LogP contribution in [0.25, 0.3) is 0 Å². The van der Waals surface area contributed by atoms with E-state index in [1.165, 1.54) is 83.5 Å². The number of rotatable bonds is 17. The molecule has 1 atom stereocenters. The van der Waals surface area contributed by atoms with Crippen LogP contribution < -0.4 is 0 Å². The summed E-state index contributed by atoms with van der Waals surface area (Å²) in [5.41, 5.74) is -0.343. The molecule has 1 N–H and O–H groups in total. The quantitative estimate of drug-likeness (QED) is 0.292. The number of aliphatic hydroxyl groups is 1. The van der Waals surface area contributed by atoms with Gasteiger partial charge >= 0.3 is 0 Å². The summed E-state index contributed by atoms with van der Waals surface area (Å²) in [7, 11) is 0. The first-order chi connectivity index (χ1) is 12.6. The molecule has 0 saturated heterocycles. The van der Waals surface area contributed by atoms with Gasteiger partial charge in [-0.25, -0.2) is 4.99 Å². The maximum atomic E-state index is 9.45. The van der Waals surface area contributed by atoms with Gasteiger partial charge in [-0.15, -0.1) is 0 Å². The number of hydrogen-bond acceptors (Lipinski definition) is 3. The van der Waals surface area contributed by atoms with Gasteiger partial charge in [0.05, 0.1) is 6.61 Å². The number of aliphatic imine (C=N–C) groups is 1. The molecule has 3 heteroatoms. The molecule has 0 amide bonds. The monoisotopic (exact) mass is 367 g/mol. The van der Waals surface area contributed by atoms with Crippen LogP contribution in [-0.2, 0) is 4.74 Å². The van der Waals surface area contributed by atoms with Crippen LogP contribution in [0.1, 0.15) is 117 Å². The van der Waals surface area contributed by atoms with E-state index in [-0.39, 0.29) is 12.1 Å². The Bertz CT molecular complexity index is 361. The van der Waals surface area contributed by atoms with Crippen LogP contribution in [0.15, 0.2) is 4.99 Å². The first-order valence-corrected chi connectivity index (χ1v) is 11.4. The Morgan fingerprint density at radius 3 is 1.81 bits per heavy atom. The van der Waals surface area contributed by atoms with Gasteiger partial charge in [-0.05, 0) is 18.8 Å². The van der Waals surface area contributed by atoms with Crippen molar-refractivity contribution in [1.82, 2.24) is 0 Å². The molecule has 26 heavy (non-hydrogen) atoms. The lowest BCUT2D eigenvalue weighted by molar-refractivity contribution is 0.153. The molecule has 0 aliphatic carbocycles. The van der Waals surface area contributed by atoms with Crippen LogP contribution >= 0.6 is 0 Å². The average Bonchev–Trinajstić information content (AvgIpc) is 3.06. The van der Waals surface area contributed by atoms with E-state index in [1.807, 2.05) is 0 Å². The highest BCUT2D eigenvalue weighted by Crippen LogP contribution is 2.24. The predicted molar refractivity (Wildman–Crippen MR) is 113 cm³/mol. The fraction of sp³-hybridized carbons (Fsp3) is 0.957. The van der Waals surface area contributed by atoms with Crippen molar-refractivity contribution in [3.8, 4) is 0 Å². The van der Waals surface area contributed by atoms with Gasteiger partial charge in [0.2, 0.25) is 0 Å². The molecule has 0 bridgehead atoms. The highest BCUT2D eigenvalue weighted by atomic mass is 16.5. The standard InChI is InChI=1S/C23H45NO2/c1-4-23(19-25)20-26-22(24-23)18-16-14-12-10-8-6-5-7-9-11-13-15-17-21(2)3/h21,25H,4-20H2,1-3H3. The third-order valence-corrected chi connectivity index (χ3v) is 5.74. The summed E-state index contributed by atoms with van der Waals surface area (Å²) >= 11 is 0. The van der Waals surface area contributed by atoms with Crippen LogP contribution in [0.3, 0.4) is 0 Å². The summed E-state index contributed by atoms with van der Waals surface area (Å²) < 4.78 is 5.66. The van der Waals surface area contributed by atoms with Gasteiger partial charge in [-0.1, -0.05) is 97.8 Å². The van der Waals surface area contributed by atoms with Crippen LogP contribution in [-0.4, -0.2) is 29.8 Å². The number of unbranched alkanes of at least 4 members (excludes halogenated alkanes) is 11. The van der Waals surface area contributed by atoms with Crippen molar-refractivity contribution in [3.63, 3.8) is 0 Å².